The summed E-state index contributed by atoms with van der Waals surface area (Å²) in [4.78, 5) is 15.2. The SMILES string of the molecule is CC(NC(=O)c1ccc2[nH]ccc2c1)C1CC1. The molecular weight excluding hydrogens is 212 g/mol. The molecule has 1 fully saturated rings. The lowest BCUT2D eigenvalue weighted by atomic mass is 10.1. The van der Waals surface area contributed by atoms with Crippen LogP contribution in [-0.2, 0) is 0 Å². The van der Waals surface area contributed by atoms with Crippen LogP contribution in [0.25, 0.3) is 10.9 Å². The van der Waals surface area contributed by atoms with E-state index >= 15 is 0 Å². The molecule has 1 amide bonds. The normalized spacial score (nSPS) is 17.0. The zero-order chi connectivity index (χ0) is 11.8. The monoisotopic (exact) mass is 228 g/mol. The standard InChI is InChI=1S/C14H16N2O/c1-9(10-2-3-10)16-14(17)12-4-5-13-11(8-12)6-7-15-13/h4-10,15H,2-3H2,1H3,(H,16,17). The molecule has 1 aliphatic rings. The van der Waals surface area contributed by atoms with E-state index in [0.29, 0.717) is 12.0 Å². The summed E-state index contributed by atoms with van der Waals surface area (Å²) in [5.74, 6) is 0.724. The minimum atomic E-state index is 0.0347. The van der Waals surface area contributed by atoms with Crippen LogP contribution in [0.3, 0.4) is 0 Å². The fourth-order valence-corrected chi connectivity index (χ4v) is 2.20. The lowest BCUT2D eigenvalue weighted by molar-refractivity contribution is 0.0936. The van der Waals surface area contributed by atoms with Crippen molar-refractivity contribution in [1.82, 2.24) is 10.3 Å². The average molecular weight is 228 g/mol. The summed E-state index contributed by atoms with van der Waals surface area (Å²) in [6, 6.07) is 8.03. The smallest absolute Gasteiger partial charge is 0.251 e. The molecule has 3 rings (SSSR count). The molecule has 1 saturated carbocycles. The van der Waals surface area contributed by atoms with E-state index in [0.717, 1.165) is 16.5 Å². The fourth-order valence-electron chi connectivity index (χ4n) is 2.20. The van der Waals surface area contributed by atoms with Crippen molar-refractivity contribution in [2.24, 2.45) is 5.92 Å². The third kappa shape index (κ3) is 2.05. The van der Waals surface area contributed by atoms with Crippen molar-refractivity contribution in [2.75, 3.05) is 0 Å². The minimum Gasteiger partial charge on any atom is -0.361 e. The number of fused-ring (bicyclic) bond motifs is 1. The third-order valence-corrected chi connectivity index (χ3v) is 3.50. The molecular formula is C14H16N2O. The Morgan fingerprint density at radius 3 is 3.00 bits per heavy atom. The highest BCUT2D eigenvalue weighted by atomic mass is 16.1. The molecule has 1 aliphatic carbocycles. The van der Waals surface area contributed by atoms with Gasteiger partial charge in [-0.2, -0.15) is 0 Å². The molecule has 2 aromatic rings. The molecule has 1 aromatic carbocycles. The van der Waals surface area contributed by atoms with Gasteiger partial charge in [-0.05, 0) is 49.9 Å². The Hall–Kier alpha value is -1.77. The summed E-state index contributed by atoms with van der Waals surface area (Å²) in [6.07, 6.45) is 4.38. The maximum Gasteiger partial charge on any atom is 0.251 e. The summed E-state index contributed by atoms with van der Waals surface area (Å²) in [5, 5.41) is 4.15. The van der Waals surface area contributed by atoms with Gasteiger partial charge in [0.1, 0.15) is 0 Å². The van der Waals surface area contributed by atoms with Crippen molar-refractivity contribution in [2.45, 2.75) is 25.8 Å². The molecule has 0 aliphatic heterocycles. The Labute approximate surface area is 100 Å². The van der Waals surface area contributed by atoms with Crippen molar-refractivity contribution >= 4 is 16.8 Å². The Morgan fingerprint density at radius 2 is 2.24 bits per heavy atom. The van der Waals surface area contributed by atoms with Gasteiger partial charge in [0.05, 0.1) is 0 Å². The van der Waals surface area contributed by atoms with E-state index in [4.69, 9.17) is 0 Å². The topological polar surface area (TPSA) is 44.9 Å². The van der Waals surface area contributed by atoms with Gasteiger partial charge in [-0.15, -0.1) is 0 Å². The molecule has 1 atom stereocenters. The van der Waals surface area contributed by atoms with E-state index < -0.39 is 0 Å². The van der Waals surface area contributed by atoms with Crippen molar-refractivity contribution in [1.29, 1.82) is 0 Å². The van der Waals surface area contributed by atoms with Gasteiger partial charge < -0.3 is 10.3 Å². The van der Waals surface area contributed by atoms with E-state index in [1.807, 2.05) is 30.5 Å². The summed E-state index contributed by atoms with van der Waals surface area (Å²) >= 11 is 0. The number of benzene rings is 1. The van der Waals surface area contributed by atoms with Crippen LogP contribution >= 0.6 is 0 Å². The van der Waals surface area contributed by atoms with Crippen LogP contribution in [-0.4, -0.2) is 16.9 Å². The first-order chi connectivity index (χ1) is 8.24. The van der Waals surface area contributed by atoms with Gasteiger partial charge in [-0.3, -0.25) is 4.79 Å². The van der Waals surface area contributed by atoms with Gasteiger partial charge in [0, 0.05) is 28.7 Å². The molecule has 1 aromatic heterocycles. The number of nitrogens with one attached hydrogen (secondary N) is 2. The van der Waals surface area contributed by atoms with E-state index in [1.54, 1.807) is 0 Å². The number of rotatable bonds is 3. The van der Waals surface area contributed by atoms with Crippen molar-refractivity contribution in [3.63, 3.8) is 0 Å². The summed E-state index contributed by atoms with van der Waals surface area (Å²) in [6.45, 7) is 2.09. The number of amides is 1. The lowest BCUT2D eigenvalue weighted by Crippen LogP contribution is -2.33. The van der Waals surface area contributed by atoms with Gasteiger partial charge in [0.15, 0.2) is 0 Å². The molecule has 17 heavy (non-hydrogen) atoms. The fraction of sp³-hybridized carbons (Fsp3) is 0.357. The Kier molecular flexibility index (Phi) is 2.39. The maximum absolute atomic E-state index is 12.0. The predicted octanol–water partition coefficient (Wildman–Crippen LogP) is 2.70. The molecule has 1 heterocycles. The molecule has 3 heteroatoms. The number of aromatic nitrogens is 1. The van der Waals surface area contributed by atoms with E-state index in [1.165, 1.54) is 12.8 Å². The van der Waals surface area contributed by atoms with Crippen LogP contribution in [0.15, 0.2) is 30.5 Å². The molecule has 2 N–H and O–H groups in total. The van der Waals surface area contributed by atoms with E-state index in [2.05, 4.69) is 17.2 Å². The highest BCUT2D eigenvalue weighted by Crippen LogP contribution is 2.32. The van der Waals surface area contributed by atoms with Crippen molar-refractivity contribution < 1.29 is 4.79 Å². The number of carbonyl (C=O) groups is 1. The molecule has 0 radical (unpaired) electrons. The molecule has 0 bridgehead atoms. The number of carbonyl (C=O) groups excluding carboxylic acids is 1. The van der Waals surface area contributed by atoms with Crippen LogP contribution in [0.4, 0.5) is 0 Å². The minimum absolute atomic E-state index is 0.0347. The number of H-pyrrole nitrogens is 1. The lowest BCUT2D eigenvalue weighted by Gasteiger charge is -2.12. The van der Waals surface area contributed by atoms with E-state index in [9.17, 15) is 4.79 Å². The van der Waals surface area contributed by atoms with Gasteiger partial charge in [-0.25, -0.2) is 0 Å². The quantitative estimate of drug-likeness (QED) is 0.833. The highest BCUT2D eigenvalue weighted by Gasteiger charge is 2.29. The number of hydrogen-bond donors (Lipinski definition) is 2. The van der Waals surface area contributed by atoms with Gasteiger partial charge >= 0.3 is 0 Å². The zero-order valence-electron chi connectivity index (χ0n) is 9.86. The summed E-state index contributed by atoms with van der Waals surface area (Å²) in [7, 11) is 0. The van der Waals surface area contributed by atoms with Crippen LogP contribution < -0.4 is 5.32 Å². The van der Waals surface area contributed by atoms with Crippen molar-refractivity contribution in [3.8, 4) is 0 Å². The second kappa shape index (κ2) is 3.91. The van der Waals surface area contributed by atoms with Crippen LogP contribution in [0, 0.1) is 5.92 Å². The average Bonchev–Trinajstić information content (AvgIpc) is 3.07. The molecule has 1 unspecified atom stereocenters. The molecule has 0 saturated heterocycles. The zero-order valence-corrected chi connectivity index (χ0v) is 9.86. The van der Waals surface area contributed by atoms with Crippen molar-refractivity contribution in [3.05, 3.63) is 36.0 Å². The first-order valence-corrected chi connectivity index (χ1v) is 6.12. The molecule has 88 valence electrons. The van der Waals surface area contributed by atoms with E-state index in [-0.39, 0.29) is 5.91 Å². The Morgan fingerprint density at radius 1 is 1.41 bits per heavy atom. The van der Waals surface area contributed by atoms with Crippen LogP contribution in [0.2, 0.25) is 0 Å². The Bertz CT molecular complexity index is 554. The third-order valence-electron chi connectivity index (χ3n) is 3.50. The molecule has 0 spiro atoms. The second-order valence-electron chi connectivity index (χ2n) is 4.88. The summed E-state index contributed by atoms with van der Waals surface area (Å²) < 4.78 is 0. The highest BCUT2D eigenvalue weighted by molar-refractivity contribution is 5.98. The Balaban J connectivity index is 1.79. The van der Waals surface area contributed by atoms with Gasteiger partial charge in [0.25, 0.3) is 5.91 Å². The second-order valence-corrected chi connectivity index (χ2v) is 4.88. The number of hydrogen-bond acceptors (Lipinski definition) is 1. The van der Waals surface area contributed by atoms with Crippen LogP contribution in [0.5, 0.6) is 0 Å². The summed E-state index contributed by atoms with van der Waals surface area (Å²) in [5.41, 5.74) is 1.81. The molecule has 3 nitrogen and oxygen atoms in total. The van der Waals surface area contributed by atoms with Gasteiger partial charge in [0.2, 0.25) is 0 Å². The van der Waals surface area contributed by atoms with Gasteiger partial charge in [-0.1, -0.05) is 0 Å². The first-order valence-electron chi connectivity index (χ1n) is 6.12. The number of aromatic amines is 1. The largest absolute Gasteiger partial charge is 0.361 e. The first kappa shape index (κ1) is 10.4. The maximum atomic E-state index is 12.0. The predicted molar refractivity (Wildman–Crippen MR) is 68.0 cm³/mol. The van der Waals surface area contributed by atoms with Crippen LogP contribution in [0.1, 0.15) is 30.1 Å².